The first-order valence-corrected chi connectivity index (χ1v) is 11.2. The van der Waals surface area contributed by atoms with Gasteiger partial charge in [0.15, 0.2) is 0 Å². The van der Waals surface area contributed by atoms with Crippen LogP contribution >= 0.6 is 11.6 Å². The molecule has 5 heteroatoms. The molecule has 2 aromatic heterocycles. The number of pyridine rings is 1. The van der Waals surface area contributed by atoms with Crippen molar-refractivity contribution in [2.45, 2.75) is 45.8 Å². The summed E-state index contributed by atoms with van der Waals surface area (Å²) in [5.74, 6) is 0. The molecule has 0 saturated carbocycles. The van der Waals surface area contributed by atoms with Gasteiger partial charge in [-0.05, 0) is 24.1 Å². The summed E-state index contributed by atoms with van der Waals surface area (Å²) in [5.41, 5.74) is 2.15. The smallest absolute Gasteiger partial charge is 0.143 e. The molecule has 3 nitrogen and oxygen atoms in total. The third-order valence-electron chi connectivity index (χ3n) is 3.39. The Morgan fingerprint density at radius 3 is 2.75 bits per heavy atom. The minimum atomic E-state index is -1.03. The van der Waals surface area contributed by atoms with Crippen molar-refractivity contribution in [1.29, 1.82) is 0 Å². The van der Waals surface area contributed by atoms with Gasteiger partial charge in [0.1, 0.15) is 12.4 Å². The molecule has 2 aromatic rings. The molecule has 0 radical (unpaired) electrons. The maximum atomic E-state index is 6.29. The number of aromatic nitrogens is 2. The number of halogens is 1. The highest BCUT2D eigenvalue weighted by molar-refractivity contribution is 6.76. The molecule has 0 spiro atoms. The van der Waals surface area contributed by atoms with Gasteiger partial charge in [0.25, 0.3) is 0 Å². The van der Waals surface area contributed by atoms with Crippen LogP contribution in [0.4, 0.5) is 0 Å². The summed E-state index contributed by atoms with van der Waals surface area (Å²) in [5, 5.41) is 1.83. The Morgan fingerprint density at radius 2 is 2.10 bits per heavy atom. The summed E-state index contributed by atoms with van der Waals surface area (Å²) in [6.45, 7) is 10.6. The van der Waals surface area contributed by atoms with Crippen molar-refractivity contribution in [3.05, 3.63) is 29.0 Å². The third kappa shape index (κ3) is 3.62. The molecule has 0 aliphatic heterocycles. The fourth-order valence-corrected chi connectivity index (χ4v) is 3.18. The Morgan fingerprint density at radius 1 is 1.35 bits per heavy atom. The van der Waals surface area contributed by atoms with E-state index in [4.69, 9.17) is 16.3 Å². The molecule has 0 atom stereocenters. The molecule has 0 aliphatic carbocycles. The molecule has 0 aliphatic rings. The number of hydrogen-bond donors (Lipinski definition) is 0. The number of aryl methyl sites for hydroxylation is 1. The van der Waals surface area contributed by atoms with E-state index in [2.05, 4.69) is 42.3 Å². The van der Waals surface area contributed by atoms with Crippen LogP contribution < -0.4 is 0 Å². The topological polar surface area (TPSA) is 27.1 Å². The molecule has 0 bridgehead atoms. The van der Waals surface area contributed by atoms with Gasteiger partial charge in [-0.15, -0.1) is 0 Å². The lowest BCUT2D eigenvalue weighted by atomic mass is 10.2. The quantitative estimate of drug-likeness (QED) is 0.577. The molecule has 0 fully saturated rings. The maximum Gasteiger partial charge on any atom is 0.143 e. The summed E-state index contributed by atoms with van der Waals surface area (Å²) in [6.07, 6.45) is 4.81. The summed E-state index contributed by atoms with van der Waals surface area (Å²) in [7, 11) is -1.03. The first-order valence-electron chi connectivity index (χ1n) is 7.12. The SMILES string of the molecule is CCc1cn(COCC[Si](C)(C)C)c2nccc(Cl)c12. The van der Waals surface area contributed by atoms with Gasteiger partial charge in [-0.3, -0.25) is 0 Å². The second-order valence-corrected chi connectivity index (χ2v) is 12.3. The molecule has 110 valence electrons. The van der Waals surface area contributed by atoms with Crippen molar-refractivity contribution in [3.8, 4) is 0 Å². The average Bonchev–Trinajstić information content (AvgIpc) is 2.73. The van der Waals surface area contributed by atoms with Gasteiger partial charge >= 0.3 is 0 Å². The van der Waals surface area contributed by atoms with E-state index >= 15 is 0 Å². The molecule has 0 unspecified atom stereocenters. The van der Waals surface area contributed by atoms with Crippen LogP contribution in [0, 0.1) is 0 Å². The second-order valence-electron chi connectivity index (χ2n) is 6.32. The number of ether oxygens (including phenoxy) is 1. The zero-order chi connectivity index (χ0) is 14.8. The Balaban J connectivity index is 2.13. The zero-order valence-electron chi connectivity index (χ0n) is 12.7. The van der Waals surface area contributed by atoms with Crippen LogP contribution in [-0.4, -0.2) is 24.2 Å². The van der Waals surface area contributed by atoms with E-state index in [1.165, 1.54) is 11.6 Å². The normalized spacial score (nSPS) is 12.2. The monoisotopic (exact) mass is 310 g/mol. The largest absolute Gasteiger partial charge is 0.361 e. The fourth-order valence-electron chi connectivity index (χ4n) is 2.16. The summed E-state index contributed by atoms with van der Waals surface area (Å²) < 4.78 is 7.88. The molecule has 0 amide bonds. The summed E-state index contributed by atoms with van der Waals surface area (Å²) in [4.78, 5) is 4.45. The average molecular weight is 311 g/mol. The lowest BCUT2D eigenvalue weighted by molar-refractivity contribution is 0.0898. The molecular weight excluding hydrogens is 288 g/mol. The van der Waals surface area contributed by atoms with Crippen LogP contribution in [0.2, 0.25) is 30.7 Å². The Kier molecular flexibility index (Phi) is 4.89. The molecule has 2 rings (SSSR count). The fraction of sp³-hybridized carbons (Fsp3) is 0.533. The molecule has 20 heavy (non-hydrogen) atoms. The Bertz CT molecular complexity index is 589. The van der Waals surface area contributed by atoms with E-state index < -0.39 is 8.07 Å². The molecule has 0 aromatic carbocycles. The Labute approximate surface area is 126 Å². The van der Waals surface area contributed by atoms with Crippen LogP contribution in [-0.2, 0) is 17.9 Å². The van der Waals surface area contributed by atoms with Gasteiger partial charge in [-0.2, -0.15) is 0 Å². The molecular formula is C15H23ClN2OSi. The summed E-state index contributed by atoms with van der Waals surface area (Å²) in [6, 6.07) is 3.03. The number of hydrogen-bond acceptors (Lipinski definition) is 2. The van der Waals surface area contributed by atoms with E-state index in [1.54, 1.807) is 6.20 Å². The van der Waals surface area contributed by atoms with Gasteiger partial charge in [0, 0.05) is 32.5 Å². The van der Waals surface area contributed by atoms with E-state index in [9.17, 15) is 0 Å². The predicted molar refractivity (Wildman–Crippen MR) is 88.2 cm³/mol. The van der Waals surface area contributed by atoms with E-state index in [0.717, 1.165) is 29.1 Å². The number of rotatable bonds is 6. The molecule has 2 heterocycles. The standard InChI is InChI=1S/C15H23ClN2OSi/c1-5-12-10-18(11-19-8-9-20(2,3)4)15-14(12)13(16)6-7-17-15/h6-7,10H,5,8-9,11H2,1-4H3. The minimum absolute atomic E-state index is 0.550. The van der Waals surface area contributed by atoms with Gasteiger partial charge < -0.3 is 9.30 Å². The van der Waals surface area contributed by atoms with Gasteiger partial charge in [0.2, 0.25) is 0 Å². The third-order valence-corrected chi connectivity index (χ3v) is 5.41. The lowest BCUT2D eigenvalue weighted by Gasteiger charge is -2.15. The van der Waals surface area contributed by atoms with Crippen molar-refractivity contribution < 1.29 is 4.74 Å². The minimum Gasteiger partial charge on any atom is -0.361 e. The second kappa shape index (κ2) is 6.29. The predicted octanol–water partition coefficient (Wildman–Crippen LogP) is 4.56. The lowest BCUT2D eigenvalue weighted by Crippen LogP contribution is -2.22. The van der Waals surface area contributed by atoms with E-state index in [-0.39, 0.29) is 0 Å². The van der Waals surface area contributed by atoms with Crippen molar-refractivity contribution in [2.24, 2.45) is 0 Å². The van der Waals surface area contributed by atoms with Crippen molar-refractivity contribution in [1.82, 2.24) is 9.55 Å². The van der Waals surface area contributed by atoms with Gasteiger partial charge in [-0.25, -0.2) is 4.98 Å². The van der Waals surface area contributed by atoms with Crippen LogP contribution in [0.5, 0.6) is 0 Å². The van der Waals surface area contributed by atoms with Gasteiger partial charge in [-0.1, -0.05) is 38.2 Å². The highest BCUT2D eigenvalue weighted by Gasteiger charge is 2.14. The number of nitrogens with zero attached hydrogens (tertiary/aromatic N) is 2. The van der Waals surface area contributed by atoms with E-state index in [1.807, 2.05) is 6.07 Å². The summed E-state index contributed by atoms with van der Waals surface area (Å²) >= 11 is 6.29. The van der Waals surface area contributed by atoms with Crippen LogP contribution in [0.1, 0.15) is 12.5 Å². The first kappa shape index (κ1) is 15.5. The van der Waals surface area contributed by atoms with Crippen molar-refractivity contribution in [2.75, 3.05) is 6.61 Å². The number of fused-ring (bicyclic) bond motifs is 1. The Hall–Kier alpha value is -0.843. The highest BCUT2D eigenvalue weighted by atomic mass is 35.5. The maximum absolute atomic E-state index is 6.29. The van der Waals surface area contributed by atoms with Gasteiger partial charge in [0.05, 0.1) is 5.02 Å². The molecule has 0 saturated heterocycles. The van der Waals surface area contributed by atoms with Crippen LogP contribution in [0.15, 0.2) is 18.5 Å². The van der Waals surface area contributed by atoms with Crippen molar-refractivity contribution >= 4 is 30.7 Å². The molecule has 0 N–H and O–H groups in total. The highest BCUT2D eigenvalue weighted by Crippen LogP contribution is 2.27. The zero-order valence-corrected chi connectivity index (χ0v) is 14.5. The van der Waals surface area contributed by atoms with Crippen LogP contribution in [0.25, 0.3) is 11.0 Å². The van der Waals surface area contributed by atoms with Crippen LogP contribution in [0.3, 0.4) is 0 Å². The van der Waals surface area contributed by atoms with Crippen molar-refractivity contribution in [3.63, 3.8) is 0 Å². The first-order chi connectivity index (χ1) is 9.42. The van der Waals surface area contributed by atoms with E-state index in [0.29, 0.717) is 6.73 Å².